The predicted molar refractivity (Wildman–Crippen MR) is 237 cm³/mol. The Hall–Kier alpha value is -6.23. The third-order valence-electron chi connectivity index (χ3n) is 10.8. The second-order valence-electron chi connectivity index (χ2n) is 17.0. The van der Waals surface area contributed by atoms with Crippen molar-refractivity contribution in [1.82, 2.24) is 24.5 Å². The van der Waals surface area contributed by atoms with Gasteiger partial charge in [0.05, 0.1) is 11.2 Å². The molecule has 294 valence electrons. The van der Waals surface area contributed by atoms with Gasteiger partial charge in [-0.15, -0.1) is 24.3 Å². The Morgan fingerprint density at radius 3 is 1.86 bits per heavy atom. The fourth-order valence-electron chi connectivity index (χ4n) is 7.66. The molecule has 0 unspecified atom stereocenters. The minimum Gasteiger partial charge on any atom is -0.507 e. The zero-order valence-corrected chi connectivity index (χ0v) is 36.2. The van der Waals surface area contributed by atoms with Gasteiger partial charge in [0.1, 0.15) is 11.3 Å². The Morgan fingerprint density at radius 2 is 1.14 bits per heavy atom. The van der Waals surface area contributed by atoms with Crippen LogP contribution in [0.1, 0.15) is 52.7 Å². The van der Waals surface area contributed by atoms with Crippen LogP contribution in [0.15, 0.2) is 152 Å². The van der Waals surface area contributed by atoms with E-state index in [1.165, 1.54) is 11.1 Å². The van der Waals surface area contributed by atoms with Gasteiger partial charge in [-0.2, -0.15) is 0 Å². The van der Waals surface area contributed by atoms with Crippen molar-refractivity contribution >= 4 is 22.1 Å². The summed E-state index contributed by atoms with van der Waals surface area (Å²) in [6.45, 7) is 13.5. The summed E-state index contributed by atoms with van der Waals surface area (Å²) in [5.74, 6) is 0.184. The summed E-state index contributed by atoms with van der Waals surface area (Å²) in [6, 6.07) is 49.2. The molecular formula is C52H44N5OPt-. The summed E-state index contributed by atoms with van der Waals surface area (Å²) < 4.78 is 2.20. The maximum Gasteiger partial charge on any atom is 0.164 e. The van der Waals surface area contributed by atoms with Crippen molar-refractivity contribution in [3.05, 3.63) is 169 Å². The summed E-state index contributed by atoms with van der Waals surface area (Å²) in [5.41, 5.74) is 14.9. The van der Waals surface area contributed by atoms with Gasteiger partial charge in [0, 0.05) is 73.2 Å². The number of nitrogens with zero attached hydrogens (tertiary/aromatic N) is 5. The van der Waals surface area contributed by atoms with E-state index in [0.717, 1.165) is 72.5 Å². The molecule has 0 amide bonds. The van der Waals surface area contributed by atoms with Crippen molar-refractivity contribution in [2.45, 2.75) is 52.4 Å². The Kier molecular flexibility index (Phi) is 10.4. The molecule has 1 N–H and O–H groups in total. The van der Waals surface area contributed by atoms with Crippen molar-refractivity contribution in [3.8, 4) is 67.5 Å². The van der Waals surface area contributed by atoms with Crippen LogP contribution in [0, 0.1) is 6.07 Å². The van der Waals surface area contributed by atoms with Crippen LogP contribution in [0.25, 0.3) is 83.8 Å². The second-order valence-corrected chi connectivity index (χ2v) is 17.0. The number of aromatic nitrogens is 5. The monoisotopic (exact) mass is 949 g/mol. The van der Waals surface area contributed by atoms with Gasteiger partial charge in [0.15, 0.2) is 5.65 Å². The fourth-order valence-corrected chi connectivity index (χ4v) is 7.66. The van der Waals surface area contributed by atoms with E-state index in [4.69, 9.17) is 19.9 Å². The third-order valence-corrected chi connectivity index (χ3v) is 10.8. The van der Waals surface area contributed by atoms with Gasteiger partial charge in [-0.25, -0.2) is 4.98 Å². The zero-order chi connectivity index (χ0) is 40.2. The average Bonchev–Trinajstić information content (AvgIpc) is 3.58. The molecule has 0 fully saturated rings. The molecule has 4 heterocycles. The molecule has 0 aliphatic heterocycles. The minimum atomic E-state index is -0.0481. The Balaban J connectivity index is 0.00000484. The summed E-state index contributed by atoms with van der Waals surface area (Å²) in [4.78, 5) is 19.6. The first-order valence-corrected chi connectivity index (χ1v) is 19.7. The molecule has 0 spiro atoms. The first-order chi connectivity index (χ1) is 27.9. The number of rotatable bonds is 6. The molecular weight excluding hydrogens is 906 g/mol. The Bertz CT molecular complexity index is 2960. The van der Waals surface area contributed by atoms with Gasteiger partial charge in [0.2, 0.25) is 0 Å². The van der Waals surface area contributed by atoms with E-state index in [9.17, 15) is 5.11 Å². The molecule has 0 saturated carbocycles. The number of hydrogen-bond acceptors (Lipinski definition) is 5. The quantitative estimate of drug-likeness (QED) is 0.168. The van der Waals surface area contributed by atoms with E-state index in [2.05, 4.69) is 125 Å². The van der Waals surface area contributed by atoms with Crippen molar-refractivity contribution in [2.24, 2.45) is 0 Å². The van der Waals surface area contributed by atoms with E-state index in [-0.39, 0.29) is 37.6 Å². The Labute approximate surface area is 360 Å². The number of para-hydroxylation sites is 3. The summed E-state index contributed by atoms with van der Waals surface area (Å²) >= 11 is 0. The SMILES string of the molecule is CC(C)(C)c1cc(-c2cc(-c3[c-]c(-c4cc(-c5cccc6c7nccnc7n(-c7ccccc7)c56)ccn4)ccc3)nc(-c3ccccc3O)c2)cc(C(C)(C)C)c1.[Pt]. The molecule has 0 saturated heterocycles. The summed E-state index contributed by atoms with van der Waals surface area (Å²) in [5, 5.41) is 12.1. The van der Waals surface area contributed by atoms with Crippen LogP contribution in [0.5, 0.6) is 5.75 Å². The number of phenolic OH excluding ortho intramolecular Hbond substituents is 1. The van der Waals surface area contributed by atoms with E-state index in [0.29, 0.717) is 11.3 Å². The molecule has 0 bridgehead atoms. The normalized spacial score (nSPS) is 11.8. The second kappa shape index (κ2) is 15.5. The number of aromatic hydroxyl groups is 1. The van der Waals surface area contributed by atoms with Gasteiger partial charge < -0.3 is 5.11 Å². The molecule has 5 aromatic carbocycles. The van der Waals surface area contributed by atoms with Crippen LogP contribution in [-0.4, -0.2) is 29.6 Å². The predicted octanol–water partition coefficient (Wildman–Crippen LogP) is 12.8. The standard InChI is InChI=1S/C52H44N5O.Pt/c1-51(2,3)38-27-36(28-39(32-38)52(4,5)6)37-30-45(56-46(31-37)42-18-10-11-21-47(42)58)35-15-12-14-34(26-35)44-29-33(22-23-53-44)41-19-13-20-43-48-50(55-25-24-54-48)57(49(41)43)40-16-8-7-9-17-40;/h7-25,27-32,58H,1-6H3;/q-1;. The van der Waals surface area contributed by atoms with Crippen molar-refractivity contribution in [3.63, 3.8) is 0 Å². The molecule has 9 rings (SSSR count). The maximum atomic E-state index is 11.0. The zero-order valence-electron chi connectivity index (χ0n) is 33.9. The van der Waals surface area contributed by atoms with E-state index >= 15 is 0 Å². The third kappa shape index (κ3) is 7.61. The van der Waals surface area contributed by atoms with Crippen molar-refractivity contribution in [2.75, 3.05) is 0 Å². The van der Waals surface area contributed by atoms with Gasteiger partial charge in [-0.1, -0.05) is 132 Å². The van der Waals surface area contributed by atoms with E-state index < -0.39 is 0 Å². The average molecular weight is 950 g/mol. The number of hydrogen-bond donors (Lipinski definition) is 1. The number of benzene rings is 5. The van der Waals surface area contributed by atoms with Crippen LogP contribution in [0.3, 0.4) is 0 Å². The van der Waals surface area contributed by atoms with E-state index in [1.807, 2.05) is 60.8 Å². The molecule has 0 aliphatic carbocycles. The molecule has 9 aromatic rings. The molecule has 0 atom stereocenters. The van der Waals surface area contributed by atoms with Crippen molar-refractivity contribution in [1.29, 1.82) is 0 Å². The molecule has 59 heavy (non-hydrogen) atoms. The summed E-state index contributed by atoms with van der Waals surface area (Å²) in [7, 11) is 0. The minimum absolute atomic E-state index is 0. The van der Waals surface area contributed by atoms with Crippen molar-refractivity contribution < 1.29 is 26.2 Å². The molecule has 0 radical (unpaired) electrons. The number of fused-ring (bicyclic) bond motifs is 3. The van der Waals surface area contributed by atoms with Crippen LogP contribution in [0.4, 0.5) is 0 Å². The number of phenols is 1. The first-order valence-electron chi connectivity index (χ1n) is 19.7. The molecule has 0 aliphatic rings. The Morgan fingerprint density at radius 1 is 0.525 bits per heavy atom. The number of pyridine rings is 2. The van der Waals surface area contributed by atoms with Gasteiger partial charge in [-0.3, -0.25) is 19.5 Å². The van der Waals surface area contributed by atoms with Gasteiger partial charge >= 0.3 is 0 Å². The molecule has 4 aromatic heterocycles. The smallest absolute Gasteiger partial charge is 0.164 e. The topological polar surface area (TPSA) is 76.7 Å². The van der Waals surface area contributed by atoms with Gasteiger partial charge in [-0.05, 0) is 75.0 Å². The van der Waals surface area contributed by atoms with E-state index in [1.54, 1.807) is 18.5 Å². The maximum absolute atomic E-state index is 11.0. The first kappa shape index (κ1) is 39.6. The van der Waals surface area contributed by atoms with Gasteiger partial charge in [0.25, 0.3) is 0 Å². The molecule has 7 heteroatoms. The largest absolute Gasteiger partial charge is 0.507 e. The van der Waals surface area contributed by atoms with Crippen LogP contribution in [0.2, 0.25) is 0 Å². The fraction of sp³-hybridized carbons (Fsp3) is 0.154. The van der Waals surface area contributed by atoms with Crippen LogP contribution >= 0.6 is 0 Å². The van der Waals surface area contributed by atoms with Crippen LogP contribution < -0.4 is 0 Å². The summed E-state index contributed by atoms with van der Waals surface area (Å²) in [6.07, 6.45) is 5.36. The van der Waals surface area contributed by atoms with Crippen LogP contribution in [-0.2, 0) is 31.9 Å². The molecule has 6 nitrogen and oxygen atoms in total.